The molecule has 0 amide bonds. The van der Waals surface area contributed by atoms with Crippen LogP contribution in [0.25, 0.3) is 0 Å². The van der Waals surface area contributed by atoms with E-state index in [2.05, 4.69) is 10.1 Å². The van der Waals surface area contributed by atoms with Crippen LogP contribution in [0.4, 0.5) is 4.39 Å². The highest BCUT2D eigenvalue weighted by Gasteiger charge is 2.20. The van der Waals surface area contributed by atoms with Crippen molar-refractivity contribution in [3.05, 3.63) is 42.0 Å². The molecule has 2 unspecified atom stereocenters. The second-order valence-electron chi connectivity index (χ2n) is 4.12. The van der Waals surface area contributed by atoms with E-state index in [1.807, 2.05) is 20.0 Å². The van der Waals surface area contributed by atoms with Crippen molar-refractivity contribution in [3.63, 3.8) is 0 Å². The molecule has 1 aromatic carbocycles. The first-order valence-corrected chi connectivity index (χ1v) is 6.47. The van der Waals surface area contributed by atoms with E-state index >= 15 is 0 Å². The summed E-state index contributed by atoms with van der Waals surface area (Å²) in [5.41, 5.74) is 6.84. The van der Waals surface area contributed by atoms with Gasteiger partial charge in [0, 0.05) is 13.1 Å². The zero-order valence-electron chi connectivity index (χ0n) is 10.2. The first-order valence-electron chi connectivity index (χ1n) is 5.59. The van der Waals surface area contributed by atoms with Gasteiger partial charge >= 0.3 is 0 Å². The molecule has 0 bridgehead atoms. The monoisotopic (exact) mass is 266 g/mol. The largest absolute Gasteiger partial charge is 0.327 e. The third kappa shape index (κ3) is 2.88. The van der Waals surface area contributed by atoms with Crippen LogP contribution in [0.2, 0.25) is 0 Å². The summed E-state index contributed by atoms with van der Waals surface area (Å²) in [5.74, 6) is -0.253. The molecule has 1 heterocycles. The average molecular weight is 266 g/mol. The number of nitrogens with zero attached hydrogens (tertiary/aromatic N) is 3. The first kappa shape index (κ1) is 13.0. The van der Waals surface area contributed by atoms with Gasteiger partial charge in [0.1, 0.15) is 12.1 Å². The lowest BCUT2D eigenvalue weighted by molar-refractivity contribution is 0.621. The molecule has 0 saturated heterocycles. The van der Waals surface area contributed by atoms with E-state index in [1.165, 1.54) is 30.2 Å². The Morgan fingerprint density at radius 2 is 2.22 bits per heavy atom. The number of hydrogen-bond acceptors (Lipinski definition) is 4. The number of benzene rings is 1. The molecule has 2 N–H and O–H groups in total. The molecular formula is C12H15FN4S. The fourth-order valence-corrected chi connectivity index (χ4v) is 2.70. The highest BCUT2D eigenvalue weighted by Crippen LogP contribution is 2.35. The Morgan fingerprint density at radius 3 is 2.78 bits per heavy atom. The zero-order chi connectivity index (χ0) is 13.1. The third-order valence-electron chi connectivity index (χ3n) is 2.56. The number of rotatable bonds is 4. The molecular weight excluding hydrogens is 251 g/mol. The van der Waals surface area contributed by atoms with E-state index in [4.69, 9.17) is 5.73 Å². The SMILES string of the molecule is CC(N)C(Sc1ncnn1C)c1cccc(F)c1. The number of halogens is 1. The zero-order valence-corrected chi connectivity index (χ0v) is 11.1. The first-order chi connectivity index (χ1) is 8.58. The van der Waals surface area contributed by atoms with Crippen molar-refractivity contribution in [1.29, 1.82) is 0 Å². The van der Waals surface area contributed by atoms with Gasteiger partial charge in [-0.05, 0) is 24.6 Å². The molecule has 6 heteroatoms. The Balaban J connectivity index is 2.27. The second-order valence-corrected chi connectivity index (χ2v) is 5.23. The van der Waals surface area contributed by atoms with Gasteiger partial charge in [-0.15, -0.1) is 0 Å². The summed E-state index contributed by atoms with van der Waals surface area (Å²) in [6.45, 7) is 1.90. The fourth-order valence-electron chi connectivity index (χ4n) is 1.67. The molecule has 0 aliphatic rings. The minimum absolute atomic E-state index is 0.0522. The van der Waals surface area contributed by atoms with E-state index in [-0.39, 0.29) is 17.1 Å². The van der Waals surface area contributed by atoms with Crippen LogP contribution in [0.15, 0.2) is 35.7 Å². The highest BCUT2D eigenvalue weighted by molar-refractivity contribution is 7.99. The lowest BCUT2D eigenvalue weighted by Crippen LogP contribution is -2.23. The minimum atomic E-state index is -0.253. The number of hydrogen-bond donors (Lipinski definition) is 1. The number of nitrogens with two attached hydrogens (primary N) is 1. The molecule has 0 radical (unpaired) electrons. The summed E-state index contributed by atoms with van der Waals surface area (Å²) < 4.78 is 14.9. The molecule has 96 valence electrons. The van der Waals surface area contributed by atoms with Gasteiger partial charge in [0.05, 0.1) is 5.25 Å². The van der Waals surface area contributed by atoms with Crippen LogP contribution >= 0.6 is 11.8 Å². The van der Waals surface area contributed by atoms with Crippen molar-refractivity contribution in [2.24, 2.45) is 12.8 Å². The van der Waals surface area contributed by atoms with E-state index in [9.17, 15) is 4.39 Å². The number of aromatic nitrogens is 3. The van der Waals surface area contributed by atoms with Gasteiger partial charge in [-0.2, -0.15) is 5.10 Å². The molecule has 18 heavy (non-hydrogen) atoms. The standard InChI is InChI=1S/C12H15FN4S/c1-8(14)11(9-4-3-5-10(13)6-9)18-12-15-7-16-17(12)2/h3-8,11H,14H2,1-2H3. The molecule has 0 spiro atoms. The molecule has 2 aromatic rings. The summed E-state index contributed by atoms with van der Waals surface area (Å²) in [7, 11) is 1.82. The smallest absolute Gasteiger partial charge is 0.186 e. The molecule has 1 aromatic heterocycles. The van der Waals surface area contributed by atoms with Crippen molar-refractivity contribution in [2.75, 3.05) is 0 Å². The van der Waals surface area contributed by atoms with Gasteiger partial charge in [0.25, 0.3) is 0 Å². The minimum Gasteiger partial charge on any atom is -0.327 e. The van der Waals surface area contributed by atoms with Gasteiger partial charge in [-0.1, -0.05) is 23.9 Å². The van der Waals surface area contributed by atoms with Crippen molar-refractivity contribution in [3.8, 4) is 0 Å². The molecule has 2 rings (SSSR count). The Kier molecular flexibility index (Phi) is 3.98. The van der Waals surface area contributed by atoms with Crippen LogP contribution in [-0.4, -0.2) is 20.8 Å². The predicted molar refractivity (Wildman–Crippen MR) is 69.7 cm³/mol. The Bertz CT molecular complexity index is 526. The fraction of sp³-hybridized carbons (Fsp3) is 0.333. The van der Waals surface area contributed by atoms with Crippen molar-refractivity contribution < 1.29 is 4.39 Å². The topological polar surface area (TPSA) is 56.7 Å². The van der Waals surface area contributed by atoms with Gasteiger partial charge < -0.3 is 5.73 Å². The van der Waals surface area contributed by atoms with Gasteiger partial charge in [0.15, 0.2) is 5.16 Å². The van der Waals surface area contributed by atoms with Crippen molar-refractivity contribution in [2.45, 2.75) is 23.4 Å². The van der Waals surface area contributed by atoms with Crippen LogP contribution < -0.4 is 5.73 Å². The summed E-state index contributed by atoms with van der Waals surface area (Å²) in [6.07, 6.45) is 1.49. The Labute approximate surface area is 109 Å². The summed E-state index contributed by atoms with van der Waals surface area (Å²) in [5, 5.41) is 4.72. The van der Waals surface area contributed by atoms with Crippen molar-refractivity contribution in [1.82, 2.24) is 14.8 Å². The maximum Gasteiger partial charge on any atom is 0.186 e. The van der Waals surface area contributed by atoms with Crippen LogP contribution in [0.1, 0.15) is 17.7 Å². The number of aryl methyl sites for hydroxylation is 1. The normalized spacial score (nSPS) is 14.4. The predicted octanol–water partition coefficient (Wildman–Crippen LogP) is 2.13. The lowest BCUT2D eigenvalue weighted by atomic mass is 10.1. The summed E-state index contributed by atoms with van der Waals surface area (Å²) >= 11 is 1.49. The maximum absolute atomic E-state index is 13.3. The summed E-state index contributed by atoms with van der Waals surface area (Å²) in [4.78, 5) is 4.15. The van der Waals surface area contributed by atoms with E-state index in [0.717, 1.165) is 10.7 Å². The van der Waals surface area contributed by atoms with Gasteiger partial charge in [-0.3, -0.25) is 0 Å². The summed E-state index contributed by atoms with van der Waals surface area (Å²) in [6, 6.07) is 6.39. The number of thioether (sulfide) groups is 1. The van der Waals surface area contributed by atoms with Crippen LogP contribution in [-0.2, 0) is 7.05 Å². The molecule has 0 fully saturated rings. The third-order valence-corrected chi connectivity index (χ3v) is 4.09. The van der Waals surface area contributed by atoms with Crippen LogP contribution in [0.5, 0.6) is 0 Å². The lowest BCUT2D eigenvalue weighted by Gasteiger charge is -2.20. The van der Waals surface area contributed by atoms with Crippen LogP contribution in [0, 0.1) is 5.82 Å². The Hall–Kier alpha value is -1.40. The van der Waals surface area contributed by atoms with Gasteiger partial charge in [0.2, 0.25) is 0 Å². The van der Waals surface area contributed by atoms with Crippen molar-refractivity contribution >= 4 is 11.8 Å². The second kappa shape index (κ2) is 5.49. The van der Waals surface area contributed by atoms with E-state index in [1.54, 1.807) is 10.7 Å². The molecule has 0 aliphatic heterocycles. The molecule has 0 saturated carbocycles. The molecule has 0 aliphatic carbocycles. The quantitative estimate of drug-likeness (QED) is 0.861. The Morgan fingerprint density at radius 1 is 1.44 bits per heavy atom. The average Bonchev–Trinajstić information content (AvgIpc) is 2.71. The van der Waals surface area contributed by atoms with E-state index < -0.39 is 0 Å². The maximum atomic E-state index is 13.3. The van der Waals surface area contributed by atoms with Crippen LogP contribution in [0.3, 0.4) is 0 Å². The molecule has 4 nitrogen and oxygen atoms in total. The highest BCUT2D eigenvalue weighted by atomic mass is 32.2. The van der Waals surface area contributed by atoms with E-state index in [0.29, 0.717) is 0 Å². The molecule has 2 atom stereocenters. The van der Waals surface area contributed by atoms with Gasteiger partial charge in [-0.25, -0.2) is 14.1 Å².